The van der Waals surface area contributed by atoms with E-state index >= 15 is 0 Å². The van der Waals surface area contributed by atoms with E-state index in [1.54, 1.807) is 0 Å². The lowest BCUT2D eigenvalue weighted by Crippen LogP contribution is -2.28. The van der Waals surface area contributed by atoms with E-state index in [0.29, 0.717) is 0 Å². The molecule has 23 rings (SSSR count). The SMILES string of the molecule is c1ccc(-c2ccc(-c3ccc(N(c4ccc(-c5cccc6c5oc5ccc(-c7ccc8c(c7)sc7ccc(-c9ccc(N(c%10ccc%11c(c%10)C(c%10ccccc%10)(c%10ccccc%10)c%10ccccc%10-%11)c%10ccccc%10-c%10ccccc%10)cc9)cc78)cc56)cc4)c4ccc5c(c4)C(c4ccccc4)(c4ccccc4)c4ccccc4-5)cc3)cc2)cc1. The van der Waals surface area contributed by atoms with Crippen LogP contribution in [0.15, 0.2) is 465 Å². The molecule has 0 unspecified atom stereocenters. The molecule has 2 aromatic heterocycles. The van der Waals surface area contributed by atoms with Gasteiger partial charge in [0.25, 0.3) is 0 Å². The van der Waals surface area contributed by atoms with Gasteiger partial charge in [-0.15, -0.1) is 11.3 Å². The summed E-state index contributed by atoms with van der Waals surface area (Å²) in [4.78, 5) is 4.88. The molecule has 2 aliphatic rings. The fraction of sp³-hybridized carbons (Fsp3) is 0.0172. The first-order valence-corrected chi connectivity index (χ1v) is 42.1. The Bertz CT molecular complexity index is 7390. The van der Waals surface area contributed by atoms with Gasteiger partial charge in [0.15, 0.2) is 0 Å². The highest BCUT2D eigenvalue weighted by Gasteiger charge is 2.48. The van der Waals surface area contributed by atoms with E-state index in [0.717, 1.165) is 95.0 Å². The van der Waals surface area contributed by atoms with Gasteiger partial charge in [-0.25, -0.2) is 0 Å². The van der Waals surface area contributed by atoms with Gasteiger partial charge < -0.3 is 14.2 Å². The molecule has 21 aromatic rings. The van der Waals surface area contributed by atoms with Crippen molar-refractivity contribution in [1.82, 2.24) is 0 Å². The minimum Gasteiger partial charge on any atom is -0.455 e. The standard InChI is InChI=1S/C116H76N2OS/c1-7-26-77(27-8-1)78-46-48-79(49-47-78)80-50-59-91(60-51-80)117(94-65-68-100-98-39-19-22-43-106(98)115(108(100)75-94,87-30-11-3-12-31-87)88-32-13-4-14-33-88)92-63-54-83(55-64-92)97-41-25-42-103-104-72-85(57-70-111(104)119-114(97)103)86-56-67-102-105-73-84(58-71-112(105)120-113(102)74-86)81-52-61-93(62-53-81)118(110-45-24-21-38-96(110)82-28-9-2-10-29-82)95-66-69-101-99-40-20-23-44-107(99)116(109(101)76-95,89-34-15-5-16-35-89)90-36-17-6-18-37-90/h1-76H. The Kier molecular flexibility index (Phi) is 16.9. The van der Waals surface area contributed by atoms with Crippen LogP contribution < -0.4 is 9.80 Å². The molecule has 0 bridgehead atoms. The Morgan fingerprint density at radius 1 is 0.192 bits per heavy atom. The van der Waals surface area contributed by atoms with E-state index in [1.807, 2.05) is 11.3 Å². The zero-order valence-electron chi connectivity index (χ0n) is 65.6. The van der Waals surface area contributed by atoms with Crippen LogP contribution in [0.1, 0.15) is 44.5 Å². The van der Waals surface area contributed by atoms with E-state index in [9.17, 15) is 0 Å². The fourth-order valence-corrected chi connectivity index (χ4v) is 20.9. The normalized spacial score (nSPS) is 12.8. The van der Waals surface area contributed by atoms with Crippen molar-refractivity contribution in [3.05, 3.63) is 506 Å². The van der Waals surface area contributed by atoms with Crippen LogP contribution in [-0.4, -0.2) is 0 Å². The van der Waals surface area contributed by atoms with Crippen LogP contribution >= 0.6 is 11.3 Å². The molecule has 0 fully saturated rings. The molecule has 3 nitrogen and oxygen atoms in total. The van der Waals surface area contributed by atoms with Crippen molar-refractivity contribution in [3.63, 3.8) is 0 Å². The van der Waals surface area contributed by atoms with Crippen molar-refractivity contribution in [1.29, 1.82) is 0 Å². The van der Waals surface area contributed by atoms with Crippen LogP contribution in [0.25, 0.3) is 131 Å². The van der Waals surface area contributed by atoms with Crippen LogP contribution in [0, 0.1) is 0 Å². The van der Waals surface area contributed by atoms with Gasteiger partial charge in [0.05, 0.1) is 16.5 Å². The number of hydrogen-bond acceptors (Lipinski definition) is 4. The lowest BCUT2D eigenvalue weighted by molar-refractivity contribution is 0.670. The summed E-state index contributed by atoms with van der Waals surface area (Å²) < 4.78 is 9.48. The number of para-hydroxylation sites is 2. The second kappa shape index (κ2) is 28.9. The highest BCUT2D eigenvalue weighted by Crippen LogP contribution is 2.60. The van der Waals surface area contributed by atoms with Crippen LogP contribution in [0.4, 0.5) is 34.1 Å². The summed E-state index contributed by atoms with van der Waals surface area (Å²) in [7, 11) is 0. The second-order valence-electron chi connectivity index (χ2n) is 31.7. The summed E-state index contributed by atoms with van der Waals surface area (Å²) in [6.45, 7) is 0. The molecule has 0 saturated carbocycles. The van der Waals surface area contributed by atoms with Gasteiger partial charge in [-0.05, 0) is 219 Å². The van der Waals surface area contributed by atoms with E-state index in [1.165, 1.54) is 115 Å². The maximum atomic E-state index is 6.97. The molecule has 2 heterocycles. The lowest BCUT2D eigenvalue weighted by Gasteiger charge is -2.35. The molecule has 0 atom stereocenters. The third kappa shape index (κ3) is 11.5. The molecule has 0 aliphatic heterocycles. The number of thiophene rings is 1. The molecule has 0 N–H and O–H groups in total. The maximum Gasteiger partial charge on any atom is 0.143 e. The van der Waals surface area contributed by atoms with Crippen molar-refractivity contribution < 1.29 is 4.42 Å². The van der Waals surface area contributed by atoms with Crippen molar-refractivity contribution in [2.45, 2.75) is 10.8 Å². The number of furan rings is 1. The minimum atomic E-state index is -0.563. The van der Waals surface area contributed by atoms with Crippen molar-refractivity contribution in [2.24, 2.45) is 0 Å². The molecule has 19 aromatic carbocycles. The highest BCUT2D eigenvalue weighted by molar-refractivity contribution is 7.25. The first-order valence-electron chi connectivity index (χ1n) is 41.3. The zero-order valence-corrected chi connectivity index (χ0v) is 66.4. The Labute approximate surface area is 702 Å². The van der Waals surface area contributed by atoms with E-state index < -0.39 is 10.8 Å². The summed E-state index contributed by atoms with van der Waals surface area (Å²) in [6, 6.07) is 170. The molecular formula is C116H76N2OS. The third-order valence-corrected chi connectivity index (χ3v) is 26.4. The van der Waals surface area contributed by atoms with E-state index in [4.69, 9.17) is 4.42 Å². The number of hydrogen-bond donors (Lipinski definition) is 0. The van der Waals surface area contributed by atoms with E-state index in [2.05, 4.69) is 471 Å². The summed E-state index contributed by atoms with van der Waals surface area (Å²) in [5.41, 5.74) is 35.9. The van der Waals surface area contributed by atoms with Crippen molar-refractivity contribution in [2.75, 3.05) is 9.80 Å². The van der Waals surface area contributed by atoms with Gasteiger partial charge in [-0.2, -0.15) is 0 Å². The first kappa shape index (κ1) is 70.2. The predicted octanol–water partition coefficient (Wildman–Crippen LogP) is 31.6. The van der Waals surface area contributed by atoms with Crippen molar-refractivity contribution in [3.8, 4) is 89.0 Å². The minimum absolute atomic E-state index is 0.551. The number of rotatable bonds is 16. The van der Waals surface area contributed by atoms with Gasteiger partial charge in [0.2, 0.25) is 0 Å². The molecular weight excluding hydrogens is 1470 g/mol. The molecule has 2 aliphatic carbocycles. The van der Waals surface area contributed by atoms with Crippen LogP contribution in [0.3, 0.4) is 0 Å². The maximum absolute atomic E-state index is 6.97. The summed E-state index contributed by atoms with van der Waals surface area (Å²) in [6.07, 6.45) is 0. The molecule has 0 spiro atoms. The van der Waals surface area contributed by atoms with Gasteiger partial charge in [-0.1, -0.05) is 364 Å². The smallest absolute Gasteiger partial charge is 0.143 e. The number of fused-ring (bicyclic) bond motifs is 12. The van der Waals surface area contributed by atoms with Gasteiger partial charge >= 0.3 is 0 Å². The quantitative estimate of drug-likeness (QED) is 0.0961. The molecule has 4 heteroatoms. The molecule has 0 radical (unpaired) electrons. The molecule has 0 saturated heterocycles. The van der Waals surface area contributed by atoms with Gasteiger partial charge in [-0.3, -0.25) is 0 Å². The first-order chi connectivity index (χ1) is 59.5. The third-order valence-electron chi connectivity index (χ3n) is 25.3. The highest BCUT2D eigenvalue weighted by atomic mass is 32.1. The number of benzene rings is 19. The van der Waals surface area contributed by atoms with Crippen LogP contribution in [-0.2, 0) is 10.8 Å². The van der Waals surface area contributed by atoms with Gasteiger partial charge in [0.1, 0.15) is 11.2 Å². The molecule has 562 valence electrons. The lowest BCUT2D eigenvalue weighted by atomic mass is 9.67. The number of nitrogens with zero attached hydrogens (tertiary/aromatic N) is 2. The van der Waals surface area contributed by atoms with E-state index in [-0.39, 0.29) is 0 Å². The van der Waals surface area contributed by atoms with Crippen LogP contribution in [0.5, 0.6) is 0 Å². The molecule has 120 heavy (non-hydrogen) atoms. The number of anilines is 6. The second-order valence-corrected chi connectivity index (χ2v) is 32.8. The Morgan fingerprint density at radius 3 is 1.09 bits per heavy atom. The average molecular weight is 1550 g/mol. The largest absolute Gasteiger partial charge is 0.455 e. The Balaban J connectivity index is 0.567. The predicted molar refractivity (Wildman–Crippen MR) is 503 cm³/mol. The van der Waals surface area contributed by atoms with Gasteiger partial charge in [0, 0.05) is 70.5 Å². The monoisotopic (exact) mass is 1540 g/mol. The fourth-order valence-electron chi connectivity index (χ4n) is 19.8. The summed E-state index contributed by atoms with van der Waals surface area (Å²) >= 11 is 1.86. The summed E-state index contributed by atoms with van der Waals surface area (Å²) in [5, 5.41) is 4.68. The topological polar surface area (TPSA) is 19.6 Å². The average Bonchev–Trinajstić information content (AvgIpc) is 1.54. The zero-order chi connectivity index (χ0) is 79.2. The Hall–Kier alpha value is -15.2. The Morgan fingerprint density at radius 2 is 0.550 bits per heavy atom. The van der Waals surface area contributed by atoms with Crippen LogP contribution in [0.2, 0.25) is 0 Å². The summed E-state index contributed by atoms with van der Waals surface area (Å²) in [5.74, 6) is 0. The molecule has 0 amide bonds. The van der Waals surface area contributed by atoms with Crippen molar-refractivity contribution >= 4 is 87.6 Å².